The van der Waals surface area contributed by atoms with Gasteiger partial charge in [0, 0.05) is 17.7 Å². The Bertz CT molecular complexity index is 954. The van der Waals surface area contributed by atoms with E-state index in [1.54, 1.807) is 12.1 Å². The highest BCUT2D eigenvalue weighted by Crippen LogP contribution is 2.29. The number of carbonyl (C=O) groups excluding carboxylic acids is 1. The highest BCUT2D eigenvalue weighted by atomic mass is 32.2. The summed E-state index contributed by atoms with van der Waals surface area (Å²) in [5, 5.41) is 11.2. The molecule has 27 heavy (non-hydrogen) atoms. The van der Waals surface area contributed by atoms with Crippen LogP contribution in [0, 0.1) is 10.1 Å². The fourth-order valence-electron chi connectivity index (χ4n) is 3.09. The Morgan fingerprint density at radius 1 is 1.41 bits per heavy atom. The summed E-state index contributed by atoms with van der Waals surface area (Å²) < 4.78 is 34.0. The van der Waals surface area contributed by atoms with E-state index in [0.29, 0.717) is 12.2 Å². The van der Waals surface area contributed by atoms with E-state index in [1.807, 2.05) is 0 Å². The highest BCUT2D eigenvalue weighted by molar-refractivity contribution is 7.91. The van der Waals surface area contributed by atoms with Crippen LogP contribution < -0.4 is 4.74 Å². The van der Waals surface area contributed by atoms with Gasteiger partial charge in [-0.15, -0.1) is 0 Å². The minimum Gasteiger partial charge on any atom is -0.490 e. The predicted octanol–water partition coefficient (Wildman–Crippen LogP) is 2.03. The molecule has 1 aromatic carbocycles. The van der Waals surface area contributed by atoms with Gasteiger partial charge in [0.15, 0.2) is 15.6 Å². The molecule has 0 radical (unpaired) electrons. The van der Waals surface area contributed by atoms with Gasteiger partial charge in [-0.05, 0) is 30.7 Å². The largest absolute Gasteiger partial charge is 0.490 e. The van der Waals surface area contributed by atoms with Crippen molar-refractivity contribution in [3.05, 3.63) is 58.0 Å². The fraction of sp³-hybridized carbons (Fsp3) is 0.353. The van der Waals surface area contributed by atoms with Gasteiger partial charge in [-0.25, -0.2) is 8.42 Å². The molecule has 3 rings (SSSR count). The van der Waals surface area contributed by atoms with Gasteiger partial charge in [0.1, 0.15) is 5.76 Å². The van der Waals surface area contributed by atoms with Gasteiger partial charge < -0.3 is 14.1 Å². The molecule has 2 aromatic rings. The summed E-state index contributed by atoms with van der Waals surface area (Å²) in [6.45, 7) is 0.0752. The third kappa shape index (κ3) is 4.11. The van der Waals surface area contributed by atoms with Gasteiger partial charge in [-0.1, -0.05) is 0 Å². The van der Waals surface area contributed by atoms with Crippen LogP contribution in [0.3, 0.4) is 0 Å². The van der Waals surface area contributed by atoms with Gasteiger partial charge in [0.25, 0.3) is 5.91 Å². The summed E-state index contributed by atoms with van der Waals surface area (Å²) in [5.41, 5.74) is -0.251. The molecule has 1 amide bonds. The van der Waals surface area contributed by atoms with Crippen molar-refractivity contribution in [1.29, 1.82) is 0 Å². The minimum atomic E-state index is -3.22. The number of rotatable bonds is 6. The molecular weight excluding hydrogens is 376 g/mol. The number of nitro benzene ring substituents is 1. The molecule has 0 N–H and O–H groups in total. The molecule has 1 saturated heterocycles. The first kappa shape index (κ1) is 18.9. The molecular formula is C17H18N2O7S. The molecule has 2 heterocycles. The number of benzene rings is 1. The van der Waals surface area contributed by atoms with Crippen LogP contribution in [-0.2, 0) is 16.4 Å². The van der Waals surface area contributed by atoms with Crippen molar-refractivity contribution in [1.82, 2.24) is 4.90 Å². The molecule has 10 heteroatoms. The number of amides is 1. The van der Waals surface area contributed by atoms with E-state index in [4.69, 9.17) is 9.15 Å². The Morgan fingerprint density at radius 3 is 2.74 bits per heavy atom. The van der Waals surface area contributed by atoms with Crippen molar-refractivity contribution in [3.8, 4) is 5.75 Å². The van der Waals surface area contributed by atoms with Crippen LogP contribution in [0.5, 0.6) is 5.75 Å². The van der Waals surface area contributed by atoms with Gasteiger partial charge in [0.2, 0.25) is 0 Å². The van der Waals surface area contributed by atoms with Crippen LogP contribution in [0.4, 0.5) is 5.69 Å². The lowest BCUT2D eigenvalue weighted by atomic mass is 10.1. The molecule has 9 nitrogen and oxygen atoms in total. The number of hydrogen-bond donors (Lipinski definition) is 0. The van der Waals surface area contributed by atoms with E-state index in [-0.39, 0.29) is 35.1 Å². The van der Waals surface area contributed by atoms with Crippen molar-refractivity contribution in [2.24, 2.45) is 0 Å². The Kier molecular flexibility index (Phi) is 5.17. The van der Waals surface area contributed by atoms with Crippen molar-refractivity contribution < 1.29 is 27.3 Å². The molecule has 0 unspecified atom stereocenters. The van der Waals surface area contributed by atoms with Crippen molar-refractivity contribution in [3.63, 3.8) is 0 Å². The molecule has 0 bridgehead atoms. The van der Waals surface area contributed by atoms with E-state index in [0.717, 1.165) is 6.07 Å². The smallest absolute Gasteiger partial charge is 0.311 e. The van der Waals surface area contributed by atoms with E-state index in [9.17, 15) is 23.3 Å². The van der Waals surface area contributed by atoms with Crippen LogP contribution in [-0.4, -0.2) is 48.8 Å². The highest BCUT2D eigenvalue weighted by Gasteiger charge is 2.36. The fourth-order valence-corrected chi connectivity index (χ4v) is 4.82. The first-order chi connectivity index (χ1) is 12.8. The number of hydrogen-bond acceptors (Lipinski definition) is 7. The Balaban J connectivity index is 1.95. The maximum absolute atomic E-state index is 13.1. The summed E-state index contributed by atoms with van der Waals surface area (Å²) in [5.74, 6) is -0.104. The molecule has 0 saturated carbocycles. The van der Waals surface area contributed by atoms with E-state index in [1.165, 1.54) is 30.4 Å². The second-order valence-electron chi connectivity index (χ2n) is 6.21. The lowest BCUT2D eigenvalue weighted by Crippen LogP contribution is -2.40. The number of nitrogens with zero attached hydrogens (tertiary/aromatic N) is 2. The molecule has 144 valence electrons. The zero-order valence-corrected chi connectivity index (χ0v) is 15.3. The summed E-state index contributed by atoms with van der Waals surface area (Å²) in [6, 6.07) is 6.74. The summed E-state index contributed by atoms with van der Waals surface area (Å²) >= 11 is 0. The summed E-state index contributed by atoms with van der Waals surface area (Å²) in [4.78, 5) is 25.1. The average Bonchev–Trinajstić information content (AvgIpc) is 3.27. The zero-order chi connectivity index (χ0) is 19.6. The number of sulfone groups is 1. The van der Waals surface area contributed by atoms with E-state index < -0.39 is 26.7 Å². The van der Waals surface area contributed by atoms with Crippen molar-refractivity contribution >= 4 is 21.4 Å². The maximum atomic E-state index is 13.1. The molecule has 1 aliphatic rings. The van der Waals surface area contributed by atoms with Gasteiger partial charge in [-0.2, -0.15) is 0 Å². The number of furan rings is 1. The number of carbonyl (C=O) groups is 1. The van der Waals surface area contributed by atoms with Crippen molar-refractivity contribution in [2.45, 2.75) is 19.0 Å². The number of ether oxygens (including phenoxy) is 1. The van der Waals surface area contributed by atoms with Crippen LogP contribution in [0.1, 0.15) is 22.5 Å². The second kappa shape index (κ2) is 7.39. The Morgan fingerprint density at radius 2 is 2.19 bits per heavy atom. The van der Waals surface area contributed by atoms with Gasteiger partial charge in [-0.3, -0.25) is 14.9 Å². The maximum Gasteiger partial charge on any atom is 0.311 e. The van der Waals surface area contributed by atoms with E-state index >= 15 is 0 Å². The van der Waals surface area contributed by atoms with Gasteiger partial charge >= 0.3 is 5.69 Å². The molecule has 1 fully saturated rings. The molecule has 1 atom stereocenters. The first-order valence-corrected chi connectivity index (χ1v) is 9.99. The predicted molar refractivity (Wildman–Crippen MR) is 95.3 cm³/mol. The van der Waals surface area contributed by atoms with Crippen LogP contribution in [0.2, 0.25) is 0 Å². The number of methoxy groups -OCH3 is 1. The third-order valence-corrected chi connectivity index (χ3v) is 6.19. The van der Waals surface area contributed by atoms with Crippen LogP contribution in [0.25, 0.3) is 0 Å². The lowest BCUT2D eigenvalue weighted by Gasteiger charge is -2.27. The molecule has 0 aliphatic carbocycles. The van der Waals surface area contributed by atoms with Crippen LogP contribution in [0.15, 0.2) is 41.0 Å². The Labute approximate surface area is 155 Å². The SMILES string of the molecule is COc1ccc(C(=O)N(Cc2ccco2)[C@@H]2CCS(=O)(=O)C2)cc1[N+](=O)[O-]. The first-order valence-electron chi connectivity index (χ1n) is 8.17. The molecule has 1 aliphatic heterocycles. The quantitative estimate of drug-likeness (QED) is 0.543. The van der Waals surface area contributed by atoms with Gasteiger partial charge in [0.05, 0.1) is 36.3 Å². The molecule has 0 spiro atoms. The van der Waals surface area contributed by atoms with E-state index in [2.05, 4.69) is 0 Å². The zero-order valence-electron chi connectivity index (χ0n) is 14.5. The lowest BCUT2D eigenvalue weighted by molar-refractivity contribution is -0.385. The second-order valence-corrected chi connectivity index (χ2v) is 8.44. The van der Waals surface area contributed by atoms with Crippen LogP contribution >= 0.6 is 0 Å². The monoisotopic (exact) mass is 394 g/mol. The number of nitro groups is 1. The molecule has 1 aromatic heterocycles. The Hall–Kier alpha value is -2.88. The summed E-state index contributed by atoms with van der Waals surface area (Å²) in [6.07, 6.45) is 1.77. The summed E-state index contributed by atoms with van der Waals surface area (Å²) in [7, 11) is -1.92. The standard InChI is InChI=1S/C17H18N2O7S/c1-25-16-5-4-12(9-15(16)19(21)22)17(20)18(10-14-3-2-7-26-14)13-6-8-27(23,24)11-13/h2-5,7,9,13H,6,8,10-11H2,1H3/t13-/m1/s1. The third-order valence-electron chi connectivity index (χ3n) is 4.44. The topological polar surface area (TPSA) is 120 Å². The average molecular weight is 394 g/mol. The van der Waals surface area contributed by atoms with Crippen molar-refractivity contribution in [2.75, 3.05) is 18.6 Å². The minimum absolute atomic E-state index is 0.00234. The normalized spacial score (nSPS) is 18.2.